The highest BCUT2D eigenvalue weighted by atomic mass is 16.2. The Morgan fingerprint density at radius 2 is 1.85 bits per heavy atom. The molecule has 1 fully saturated rings. The molecule has 1 saturated heterocycles. The molecule has 1 amide bonds. The fourth-order valence-corrected chi connectivity index (χ4v) is 3.16. The third-order valence-corrected chi connectivity index (χ3v) is 4.62. The number of carbonyl (C=O) groups is 1. The molecule has 0 saturated carbocycles. The molecule has 0 aromatic carbocycles. The number of nitrogens with one attached hydrogen (secondary N) is 1. The minimum absolute atomic E-state index is 0.0433. The Bertz CT molecular complexity index is 303. The van der Waals surface area contributed by atoms with E-state index in [1.54, 1.807) is 0 Å². The lowest BCUT2D eigenvalue weighted by molar-refractivity contribution is -0.133. The molecule has 118 valence electrons. The highest BCUT2D eigenvalue weighted by molar-refractivity contribution is 5.84. The number of hydrogen-bond acceptors (Lipinski definition) is 2. The van der Waals surface area contributed by atoms with Gasteiger partial charge in [0.05, 0.1) is 12.2 Å². The zero-order valence-corrected chi connectivity index (χ0v) is 14.3. The molecule has 1 N–H and O–H groups in total. The fraction of sp³-hybridized carbons (Fsp3) is 0.941. The van der Waals surface area contributed by atoms with Crippen LogP contribution >= 0.6 is 0 Å². The van der Waals surface area contributed by atoms with Crippen LogP contribution in [0.2, 0.25) is 0 Å². The van der Waals surface area contributed by atoms with Crippen molar-refractivity contribution in [2.24, 2.45) is 11.8 Å². The molecule has 1 aliphatic heterocycles. The maximum absolute atomic E-state index is 12.7. The minimum atomic E-state index is 0.0433. The summed E-state index contributed by atoms with van der Waals surface area (Å²) in [4.78, 5) is 14.8. The van der Waals surface area contributed by atoms with Gasteiger partial charge in [-0.2, -0.15) is 0 Å². The van der Waals surface area contributed by atoms with Crippen molar-refractivity contribution in [3.8, 4) is 0 Å². The van der Waals surface area contributed by atoms with Crippen LogP contribution in [0.4, 0.5) is 0 Å². The average Bonchev–Trinajstić information content (AvgIpc) is 2.73. The smallest absolute Gasteiger partial charge is 0.241 e. The van der Waals surface area contributed by atoms with Crippen molar-refractivity contribution in [1.29, 1.82) is 0 Å². The summed E-state index contributed by atoms with van der Waals surface area (Å²) in [5.74, 6) is 1.47. The van der Waals surface area contributed by atoms with Gasteiger partial charge in [0.15, 0.2) is 0 Å². The molecule has 3 nitrogen and oxygen atoms in total. The van der Waals surface area contributed by atoms with E-state index in [0.717, 1.165) is 25.7 Å². The van der Waals surface area contributed by atoms with Gasteiger partial charge in [-0.15, -0.1) is 0 Å². The van der Waals surface area contributed by atoms with E-state index in [1.807, 2.05) is 0 Å². The van der Waals surface area contributed by atoms with Gasteiger partial charge in [-0.05, 0) is 31.6 Å². The van der Waals surface area contributed by atoms with Crippen LogP contribution in [-0.2, 0) is 4.79 Å². The maximum Gasteiger partial charge on any atom is 0.241 e. The van der Waals surface area contributed by atoms with Crippen LogP contribution < -0.4 is 5.32 Å². The summed E-state index contributed by atoms with van der Waals surface area (Å²) < 4.78 is 0. The van der Waals surface area contributed by atoms with Crippen molar-refractivity contribution in [2.45, 2.75) is 91.9 Å². The van der Waals surface area contributed by atoms with Crippen molar-refractivity contribution in [3.63, 3.8) is 0 Å². The Hall–Kier alpha value is -0.570. The summed E-state index contributed by atoms with van der Waals surface area (Å²) >= 11 is 0. The number of rotatable bonds is 8. The molecule has 4 atom stereocenters. The van der Waals surface area contributed by atoms with Crippen molar-refractivity contribution >= 4 is 5.91 Å². The molecule has 1 heterocycles. The van der Waals surface area contributed by atoms with E-state index < -0.39 is 0 Å². The van der Waals surface area contributed by atoms with Crippen molar-refractivity contribution < 1.29 is 4.79 Å². The molecule has 1 rings (SSSR count). The quantitative estimate of drug-likeness (QED) is 0.734. The van der Waals surface area contributed by atoms with Crippen molar-refractivity contribution in [2.75, 3.05) is 0 Å². The van der Waals surface area contributed by atoms with Gasteiger partial charge in [0.2, 0.25) is 5.91 Å². The zero-order valence-electron chi connectivity index (χ0n) is 14.3. The third kappa shape index (κ3) is 4.21. The molecule has 4 unspecified atom stereocenters. The first-order valence-electron chi connectivity index (χ1n) is 8.50. The standard InChI is InChI=1S/C17H34N2O/c1-7-9-10-15-17(20)19(16(18-15)12(3)4)14(6)11-13(5)8-2/h12-16,18H,7-11H2,1-6H3. The number of unbranched alkanes of at least 4 members (excludes halogenated alkanes) is 1. The second-order valence-corrected chi connectivity index (χ2v) is 6.89. The molecule has 0 aromatic heterocycles. The minimum Gasteiger partial charge on any atom is -0.323 e. The lowest BCUT2D eigenvalue weighted by Crippen LogP contribution is -2.46. The molecule has 0 aromatic rings. The molecule has 0 bridgehead atoms. The lowest BCUT2D eigenvalue weighted by Gasteiger charge is -2.34. The average molecular weight is 282 g/mol. The predicted octanol–water partition coefficient (Wildman–Crippen LogP) is 3.78. The van der Waals surface area contributed by atoms with E-state index in [9.17, 15) is 4.79 Å². The van der Waals surface area contributed by atoms with E-state index in [-0.39, 0.29) is 12.2 Å². The number of carbonyl (C=O) groups excluding carboxylic acids is 1. The van der Waals surface area contributed by atoms with Crippen molar-refractivity contribution in [3.05, 3.63) is 0 Å². The summed E-state index contributed by atoms with van der Waals surface area (Å²) in [6.45, 7) is 13.3. The van der Waals surface area contributed by atoms with Crippen LogP contribution in [-0.4, -0.2) is 29.1 Å². The molecule has 0 aliphatic carbocycles. The van der Waals surface area contributed by atoms with E-state index in [1.165, 1.54) is 6.42 Å². The predicted molar refractivity (Wildman–Crippen MR) is 85.5 cm³/mol. The van der Waals surface area contributed by atoms with Gasteiger partial charge in [0.1, 0.15) is 0 Å². The fourth-order valence-electron chi connectivity index (χ4n) is 3.16. The van der Waals surface area contributed by atoms with E-state index in [2.05, 4.69) is 51.8 Å². The van der Waals surface area contributed by atoms with Gasteiger partial charge in [-0.1, -0.05) is 53.9 Å². The summed E-state index contributed by atoms with van der Waals surface area (Å²) in [7, 11) is 0. The van der Waals surface area contributed by atoms with E-state index in [0.29, 0.717) is 23.8 Å². The summed E-state index contributed by atoms with van der Waals surface area (Å²) in [5.41, 5.74) is 0. The molecule has 0 spiro atoms. The first kappa shape index (κ1) is 17.5. The largest absolute Gasteiger partial charge is 0.323 e. The Kier molecular flexibility index (Phi) is 7.01. The third-order valence-electron chi connectivity index (χ3n) is 4.62. The van der Waals surface area contributed by atoms with Crippen LogP contribution in [0.15, 0.2) is 0 Å². The molecule has 1 aliphatic rings. The Labute approximate surface area is 125 Å². The van der Waals surface area contributed by atoms with Crippen LogP contribution in [0, 0.1) is 11.8 Å². The SMILES string of the molecule is CCCCC1NC(C(C)C)N(C(C)CC(C)CC)C1=O. The van der Waals surface area contributed by atoms with E-state index in [4.69, 9.17) is 0 Å². The van der Waals surface area contributed by atoms with Crippen LogP contribution in [0.3, 0.4) is 0 Å². The van der Waals surface area contributed by atoms with Gasteiger partial charge >= 0.3 is 0 Å². The Morgan fingerprint density at radius 1 is 1.20 bits per heavy atom. The number of amides is 1. The second-order valence-electron chi connectivity index (χ2n) is 6.89. The highest BCUT2D eigenvalue weighted by Gasteiger charge is 2.41. The first-order valence-corrected chi connectivity index (χ1v) is 8.50. The van der Waals surface area contributed by atoms with Gasteiger partial charge in [-0.25, -0.2) is 0 Å². The van der Waals surface area contributed by atoms with Crippen LogP contribution in [0.25, 0.3) is 0 Å². The highest BCUT2D eigenvalue weighted by Crippen LogP contribution is 2.26. The maximum atomic E-state index is 12.7. The van der Waals surface area contributed by atoms with Gasteiger partial charge in [0.25, 0.3) is 0 Å². The van der Waals surface area contributed by atoms with E-state index >= 15 is 0 Å². The van der Waals surface area contributed by atoms with Gasteiger partial charge < -0.3 is 4.90 Å². The Balaban J connectivity index is 2.76. The molecule has 3 heteroatoms. The first-order chi connectivity index (χ1) is 9.42. The van der Waals surface area contributed by atoms with Crippen LogP contribution in [0.1, 0.15) is 73.6 Å². The van der Waals surface area contributed by atoms with Crippen LogP contribution in [0.5, 0.6) is 0 Å². The normalized spacial score (nSPS) is 26.4. The molecular formula is C17H34N2O. The van der Waals surface area contributed by atoms with Gasteiger partial charge in [-0.3, -0.25) is 10.1 Å². The van der Waals surface area contributed by atoms with Gasteiger partial charge in [0, 0.05) is 6.04 Å². The summed E-state index contributed by atoms with van der Waals surface area (Å²) in [6.07, 6.45) is 5.76. The molecular weight excluding hydrogens is 248 g/mol. The number of nitrogens with zero attached hydrogens (tertiary/aromatic N) is 1. The topological polar surface area (TPSA) is 32.3 Å². The number of hydrogen-bond donors (Lipinski definition) is 1. The summed E-state index contributed by atoms with van der Waals surface area (Å²) in [5, 5.41) is 3.57. The van der Waals surface area contributed by atoms with Crippen molar-refractivity contribution in [1.82, 2.24) is 10.2 Å². The lowest BCUT2D eigenvalue weighted by atomic mass is 9.98. The second kappa shape index (κ2) is 8.02. The zero-order chi connectivity index (χ0) is 15.3. The monoisotopic (exact) mass is 282 g/mol. The molecule has 0 radical (unpaired) electrons. The molecule has 20 heavy (non-hydrogen) atoms. The summed E-state index contributed by atoms with van der Waals surface area (Å²) in [6, 6.07) is 0.380. The Morgan fingerprint density at radius 3 is 2.35 bits per heavy atom.